The molecule has 0 aliphatic heterocycles. The minimum absolute atomic E-state index is 0.563. The maximum Gasteiger partial charge on any atom is 0.162 e. The van der Waals surface area contributed by atoms with Crippen LogP contribution in [0.2, 0.25) is 0 Å². The van der Waals surface area contributed by atoms with Crippen molar-refractivity contribution in [3.8, 4) is 11.4 Å². The first-order chi connectivity index (χ1) is 9.78. The second-order valence-electron chi connectivity index (χ2n) is 5.53. The highest BCUT2D eigenvalue weighted by Gasteiger charge is 2.20. The summed E-state index contributed by atoms with van der Waals surface area (Å²) in [5, 5.41) is 0. The Morgan fingerprint density at radius 3 is 2.65 bits per heavy atom. The molecule has 1 saturated carbocycles. The van der Waals surface area contributed by atoms with Crippen LogP contribution < -0.4 is 5.73 Å². The van der Waals surface area contributed by atoms with E-state index in [9.17, 15) is 0 Å². The van der Waals surface area contributed by atoms with Crippen molar-refractivity contribution >= 4 is 5.82 Å². The predicted octanol–water partition coefficient (Wildman–Crippen LogP) is 3.95. The van der Waals surface area contributed by atoms with E-state index in [0.29, 0.717) is 11.7 Å². The van der Waals surface area contributed by atoms with Gasteiger partial charge in [0.05, 0.1) is 0 Å². The molecule has 2 aromatic rings. The first-order valence-corrected chi connectivity index (χ1v) is 7.50. The van der Waals surface area contributed by atoms with Gasteiger partial charge in [0.1, 0.15) is 5.82 Å². The van der Waals surface area contributed by atoms with Crippen molar-refractivity contribution < 1.29 is 0 Å². The van der Waals surface area contributed by atoms with Crippen molar-refractivity contribution in [1.82, 2.24) is 9.97 Å². The zero-order valence-electron chi connectivity index (χ0n) is 12.0. The second-order valence-corrected chi connectivity index (χ2v) is 5.53. The van der Waals surface area contributed by atoms with Crippen LogP contribution in [0.5, 0.6) is 0 Å². The molecule has 0 radical (unpaired) electrons. The molecule has 1 aliphatic carbocycles. The number of nitrogen functional groups attached to an aromatic ring is 1. The Morgan fingerprint density at radius 2 is 1.90 bits per heavy atom. The smallest absolute Gasteiger partial charge is 0.162 e. The van der Waals surface area contributed by atoms with Crippen LogP contribution in [0.1, 0.15) is 49.8 Å². The zero-order valence-corrected chi connectivity index (χ0v) is 12.0. The van der Waals surface area contributed by atoms with E-state index in [2.05, 4.69) is 30.1 Å². The summed E-state index contributed by atoms with van der Waals surface area (Å²) < 4.78 is 0. The summed E-state index contributed by atoms with van der Waals surface area (Å²) in [6.07, 6.45) is 6.04. The Morgan fingerprint density at radius 1 is 1.15 bits per heavy atom. The van der Waals surface area contributed by atoms with Crippen molar-refractivity contribution in [2.75, 3.05) is 5.73 Å². The fourth-order valence-corrected chi connectivity index (χ4v) is 3.08. The first kappa shape index (κ1) is 13.1. The summed E-state index contributed by atoms with van der Waals surface area (Å²) >= 11 is 0. The molecule has 0 atom stereocenters. The second kappa shape index (κ2) is 5.61. The van der Waals surface area contributed by atoms with Crippen LogP contribution in [0.15, 0.2) is 30.3 Å². The normalized spacial score (nSPS) is 15.7. The topological polar surface area (TPSA) is 51.8 Å². The van der Waals surface area contributed by atoms with Gasteiger partial charge in [-0.05, 0) is 24.8 Å². The zero-order chi connectivity index (χ0) is 13.9. The highest BCUT2D eigenvalue weighted by molar-refractivity contribution is 5.61. The molecule has 1 aromatic heterocycles. The largest absolute Gasteiger partial charge is 0.384 e. The number of nitrogens with two attached hydrogens (primary N) is 1. The van der Waals surface area contributed by atoms with Crippen LogP contribution in [0.3, 0.4) is 0 Å². The quantitative estimate of drug-likeness (QED) is 0.916. The minimum atomic E-state index is 0.563. The van der Waals surface area contributed by atoms with Gasteiger partial charge in [0, 0.05) is 23.2 Å². The van der Waals surface area contributed by atoms with Gasteiger partial charge in [0.2, 0.25) is 0 Å². The molecule has 0 saturated heterocycles. The van der Waals surface area contributed by atoms with Gasteiger partial charge in [-0.15, -0.1) is 0 Å². The van der Waals surface area contributed by atoms with Gasteiger partial charge >= 0.3 is 0 Å². The summed E-state index contributed by atoms with van der Waals surface area (Å²) in [6, 6.07) is 10.3. The van der Waals surface area contributed by atoms with Gasteiger partial charge in [0.25, 0.3) is 0 Å². The van der Waals surface area contributed by atoms with Crippen LogP contribution >= 0.6 is 0 Å². The Hall–Kier alpha value is -1.90. The van der Waals surface area contributed by atoms with Gasteiger partial charge in [-0.25, -0.2) is 9.97 Å². The lowest BCUT2D eigenvalue weighted by Gasteiger charge is -2.12. The van der Waals surface area contributed by atoms with E-state index in [1.165, 1.54) is 31.2 Å². The molecule has 104 valence electrons. The molecule has 0 bridgehead atoms. The third kappa shape index (κ3) is 2.53. The summed E-state index contributed by atoms with van der Waals surface area (Å²) in [4.78, 5) is 9.25. The maximum atomic E-state index is 6.00. The highest BCUT2D eigenvalue weighted by Crippen LogP contribution is 2.34. The molecule has 0 unspecified atom stereocenters. The number of rotatable bonds is 3. The van der Waals surface area contributed by atoms with E-state index in [1.54, 1.807) is 0 Å². The van der Waals surface area contributed by atoms with Gasteiger partial charge in [-0.3, -0.25) is 0 Å². The third-order valence-corrected chi connectivity index (χ3v) is 4.18. The minimum Gasteiger partial charge on any atom is -0.384 e. The lowest BCUT2D eigenvalue weighted by atomic mass is 10.0. The van der Waals surface area contributed by atoms with Gasteiger partial charge in [-0.1, -0.05) is 44.0 Å². The summed E-state index contributed by atoms with van der Waals surface area (Å²) in [5.41, 5.74) is 9.51. The highest BCUT2D eigenvalue weighted by atomic mass is 14.9. The van der Waals surface area contributed by atoms with Crippen molar-refractivity contribution in [3.05, 3.63) is 41.6 Å². The fourth-order valence-electron chi connectivity index (χ4n) is 3.08. The van der Waals surface area contributed by atoms with Crippen LogP contribution in [-0.4, -0.2) is 9.97 Å². The average molecular weight is 267 g/mol. The summed E-state index contributed by atoms with van der Waals surface area (Å²) in [6.45, 7) is 2.16. The van der Waals surface area contributed by atoms with Crippen molar-refractivity contribution in [2.24, 2.45) is 0 Å². The number of anilines is 1. The Kier molecular flexibility index (Phi) is 3.68. The standard InChI is InChI=1S/C17H21N3/c1-2-12-7-5-6-10-14(12)17-19-15(11-16(18)20-17)13-8-3-4-9-13/h5-7,10-11,13H,2-4,8-9H2,1H3,(H2,18,19,20). The molecule has 1 aliphatic rings. The number of aryl methyl sites for hydroxylation is 1. The summed E-state index contributed by atoms with van der Waals surface area (Å²) in [7, 11) is 0. The van der Waals surface area contributed by atoms with Crippen molar-refractivity contribution in [1.29, 1.82) is 0 Å². The molecule has 3 rings (SSSR count). The number of hydrogen-bond donors (Lipinski definition) is 1. The lowest BCUT2D eigenvalue weighted by Crippen LogP contribution is -2.04. The molecule has 3 nitrogen and oxygen atoms in total. The molecule has 0 spiro atoms. The Bertz CT molecular complexity index is 601. The number of benzene rings is 1. The van der Waals surface area contributed by atoms with Crippen LogP contribution in [-0.2, 0) is 6.42 Å². The number of hydrogen-bond acceptors (Lipinski definition) is 3. The van der Waals surface area contributed by atoms with E-state index in [1.807, 2.05) is 12.1 Å². The molecule has 20 heavy (non-hydrogen) atoms. The van der Waals surface area contributed by atoms with Crippen molar-refractivity contribution in [3.63, 3.8) is 0 Å². The van der Waals surface area contributed by atoms with E-state index in [0.717, 1.165) is 23.5 Å². The molecule has 3 heteroatoms. The van der Waals surface area contributed by atoms with Crippen LogP contribution in [0, 0.1) is 0 Å². The lowest BCUT2D eigenvalue weighted by molar-refractivity contribution is 0.696. The van der Waals surface area contributed by atoms with E-state index in [-0.39, 0.29) is 0 Å². The molecule has 1 heterocycles. The number of nitrogens with zero attached hydrogens (tertiary/aromatic N) is 2. The molecule has 2 N–H and O–H groups in total. The van der Waals surface area contributed by atoms with Gasteiger partial charge in [0.15, 0.2) is 5.82 Å². The maximum absolute atomic E-state index is 6.00. The third-order valence-electron chi connectivity index (χ3n) is 4.18. The van der Waals surface area contributed by atoms with Crippen molar-refractivity contribution in [2.45, 2.75) is 44.9 Å². The average Bonchev–Trinajstić information content (AvgIpc) is 3.01. The molecule has 1 fully saturated rings. The Balaban J connectivity index is 2.04. The Labute approximate surface area is 120 Å². The summed E-state index contributed by atoms with van der Waals surface area (Å²) in [5.74, 6) is 1.93. The molecule has 1 aromatic carbocycles. The van der Waals surface area contributed by atoms with Gasteiger partial charge in [-0.2, -0.15) is 0 Å². The molecular weight excluding hydrogens is 246 g/mol. The number of aromatic nitrogens is 2. The van der Waals surface area contributed by atoms with Gasteiger partial charge < -0.3 is 5.73 Å². The van der Waals surface area contributed by atoms with E-state index >= 15 is 0 Å². The SMILES string of the molecule is CCc1ccccc1-c1nc(N)cc(C2CCCC2)n1. The molecule has 0 amide bonds. The van der Waals surface area contributed by atoms with E-state index in [4.69, 9.17) is 10.7 Å². The van der Waals surface area contributed by atoms with E-state index < -0.39 is 0 Å². The van der Waals surface area contributed by atoms with Crippen LogP contribution in [0.4, 0.5) is 5.82 Å². The molecular formula is C17H21N3. The monoisotopic (exact) mass is 267 g/mol. The van der Waals surface area contributed by atoms with Crippen LogP contribution in [0.25, 0.3) is 11.4 Å². The first-order valence-electron chi connectivity index (χ1n) is 7.50. The fraction of sp³-hybridized carbons (Fsp3) is 0.412. The predicted molar refractivity (Wildman–Crippen MR) is 82.5 cm³/mol.